The highest BCUT2D eigenvalue weighted by Gasteiger charge is 2.61. The van der Waals surface area contributed by atoms with Gasteiger partial charge in [-0.05, 0) is 42.9 Å². The van der Waals surface area contributed by atoms with Gasteiger partial charge in [0.25, 0.3) is 0 Å². The van der Waals surface area contributed by atoms with E-state index in [-0.39, 0.29) is 42.3 Å². The minimum atomic E-state index is -3.60. The lowest BCUT2D eigenvalue weighted by Crippen LogP contribution is -2.55. The fraction of sp³-hybridized carbons (Fsp3) is 0.562. The van der Waals surface area contributed by atoms with E-state index < -0.39 is 73.3 Å². The number of halogens is 1. The Balaban J connectivity index is 1.41. The molecular formula is C32H40FN3O7S. The highest BCUT2D eigenvalue weighted by atomic mass is 32.2. The van der Waals surface area contributed by atoms with Crippen LogP contribution in [0.4, 0.5) is 4.39 Å². The number of benzene rings is 1. The number of rotatable bonds is 11. The summed E-state index contributed by atoms with van der Waals surface area (Å²) in [5.74, 6) is -3.21. The Morgan fingerprint density at radius 3 is 2.52 bits per heavy atom. The maximum absolute atomic E-state index is 15.0. The van der Waals surface area contributed by atoms with Crippen LogP contribution in [0.2, 0.25) is 0 Å². The van der Waals surface area contributed by atoms with Crippen molar-refractivity contribution in [3.63, 3.8) is 0 Å². The lowest BCUT2D eigenvalue weighted by Gasteiger charge is -2.33. The highest BCUT2D eigenvalue weighted by Crippen LogP contribution is 2.46. The van der Waals surface area contributed by atoms with Crippen molar-refractivity contribution in [2.24, 2.45) is 17.3 Å². The zero-order valence-electron chi connectivity index (χ0n) is 25.8. The lowest BCUT2D eigenvalue weighted by atomic mass is 9.81. The molecule has 1 aromatic carbocycles. The second kappa shape index (κ2) is 11.4. The number of carbonyl (C=O) groups is 3. The van der Waals surface area contributed by atoms with Gasteiger partial charge in [0.2, 0.25) is 17.7 Å². The second-order valence-electron chi connectivity index (χ2n) is 13.3. The Bertz CT molecular complexity index is 1620. The zero-order chi connectivity index (χ0) is 32.2. The Morgan fingerprint density at radius 2 is 1.93 bits per heavy atom. The van der Waals surface area contributed by atoms with Crippen molar-refractivity contribution in [3.05, 3.63) is 42.9 Å². The first kappa shape index (κ1) is 31.9. The molecule has 1 aliphatic heterocycles. The summed E-state index contributed by atoms with van der Waals surface area (Å²) in [4.78, 5) is 46.8. The van der Waals surface area contributed by atoms with E-state index in [1.54, 1.807) is 19.1 Å². The van der Waals surface area contributed by atoms with Gasteiger partial charge in [0.05, 0.1) is 18.9 Å². The molecule has 3 aliphatic rings. The first-order valence-corrected chi connectivity index (χ1v) is 16.6. The average molecular weight is 630 g/mol. The monoisotopic (exact) mass is 629 g/mol. The van der Waals surface area contributed by atoms with Crippen LogP contribution in [0.3, 0.4) is 0 Å². The molecule has 5 rings (SSSR count). The largest absolute Gasteiger partial charge is 0.494 e. The van der Waals surface area contributed by atoms with E-state index in [0.717, 1.165) is 0 Å². The van der Waals surface area contributed by atoms with Gasteiger partial charge in [-0.2, -0.15) is 0 Å². The summed E-state index contributed by atoms with van der Waals surface area (Å²) < 4.78 is 51.5. The third-order valence-corrected chi connectivity index (χ3v) is 11.5. The number of nitrogens with zero attached hydrogens (tertiary/aromatic N) is 2. The summed E-state index contributed by atoms with van der Waals surface area (Å²) in [7, 11) is -2.22. The number of aromatic nitrogens is 1. The second-order valence-corrected chi connectivity index (χ2v) is 15.6. The van der Waals surface area contributed by atoms with Crippen LogP contribution in [-0.2, 0) is 24.2 Å². The molecule has 238 valence electrons. The predicted molar refractivity (Wildman–Crippen MR) is 162 cm³/mol. The number of carbonyl (C=O) groups excluding carboxylic acids is 3. The number of sulfone groups is 1. The molecule has 2 aromatic rings. The van der Waals surface area contributed by atoms with Crippen LogP contribution in [-0.4, -0.2) is 78.2 Å². The number of likely N-dealkylation sites (tertiary alicyclic amines) is 1. The molecule has 0 radical (unpaired) electrons. The summed E-state index contributed by atoms with van der Waals surface area (Å²) in [5, 5.41) is 3.00. The van der Waals surface area contributed by atoms with E-state index >= 15 is 0 Å². The van der Waals surface area contributed by atoms with Gasteiger partial charge >= 0.3 is 0 Å². The summed E-state index contributed by atoms with van der Waals surface area (Å²) >= 11 is 0. The fourth-order valence-corrected chi connectivity index (χ4v) is 7.55. The van der Waals surface area contributed by atoms with Crippen LogP contribution in [0, 0.1) is 23.1 Å². The van der Waals surface area contributed by atoms with Crippen molar-refractivity contribution in [2.45, 2.75) is 76.3 Å². The minimum absolute atomic E-state index is 0.0654. The average Bonchev–Trinajstić information content (AvgIpc) is 3.89. The molecule has 1 saturated heterocycles. The van der Waals surface area contributed by atoms with E-state index in [1.807, 2.05) is 20.8 Å². The molecule has 0 unspecified atom stereocenters. The number of hydrogen-bond acceptors (Lipinski definition) is 8. The van der Waals surface area contributed by atoms with Crippen molar-refractivity contribution in [2.75, 3.05) is 19.4 Å². The third kappa shape index (κ3) is 5.92. The molecule has 5 atom stereocenters. The molecule has 10 nitrogen and oxygen atoms in total. The molecule has 0 spiro atoms. The topological polar surface area (TPSA) is 132 Å². The number of ether oxygens (including phenoxy) is 2. The highest BCUT2D eigenvalue weighted by molar-refractivity contribution is 7.93. The molecule has 2 aliphatic carbocycles. The molecular weight excluding hydrogens is 589 g/mol. The standard InChI is InChI=1S/C32H40FN3O7S/c1-7-19-15-32(19,26(37)17-44(40,41)21-8-9-21)35-28(38)24-14-20(16-36(24)30(39)18(2)31(3,4)5)43-29-23-10-11-25(42-6)27(33)22(23)12-13-34-29/h7,10-13,18-21,24H,1,8-9,14-17H2,2-6H3,(H,35,38)/t18-,19-,20-,24+,32-/m1/s1. The smallest absolute Gasteiger partial charge is 0.243 e. The van der Waals surface area contributed by atoms with Crippen molar-refractivity contribution >= 4 is 38.2 Å². The predicted octanol–water partition coefficient (Wildman–Crippen LogP) is 3.62. The van der Waals surface area contributed by atoms with Gasteiger partial charge in [0.1, 0.15) is 23.4 Å². The van der Waals surface area contributed by atoms with Crippen molar-refractivity contribution in [1.29, 1.82) is 0 Å². The van der Waals surface area contributed by atoms with E-state index in [1.165, 1.54) is 30.3 Å². The normalized spacial score (nSPS) is 25.8. The SMILES string of the molecule is C=C[C@@H]1C[C@]1(NC(=O)[C@@H]1C[C@@H](Oc2nccc3c(F)c(OC)ccc23)CN1C(=O)[C@@H](C)C(C)(C)C)C(=O)CS(=O)(=O)C1CC1. The zero-order valence-corrected chi connectivity index (χ0v) is 26.6. The van der Waals surface area contributed by atoms with Gasteiger partial charge in [-0.15, -0.1) is 6.58 Å². The number of ketones is 1. The van der Waals surface area contributed by atoms with Gasteiger partial charge in [-0.25, -0.2) is 17.8 Å². The van der Waals surface area contributed by atoms with Crippen molar-refractivity contribution in [1.82, 2.24) is 15.2 Å². The summed E-state index contributed by atoms with van der Waals surface area (Å²) in [6.07, 6.45) is 3.71. The summed E-state index contributed by atoms with van der Waals surface area (Å²) in [5.41, 5.74) is -1.78. The Labute approximate surface area is 257 Å². The van der Waals surface area contributed by atoms with Gasteiger partial charge in [-0.1, -0.05) is 33.8 Å². The quantitative estimate of drug-likeness (QED) is 0.373. The summed E-state index contributed by atoms with van der Waals surface area (Å²) in [6.45, 7) is 11.4. The Morgan fingerprint density at radius 1 is 1.23 bits per heavy atom. The summed E-state index contributed by atoms with van der Waals surface area (Å²) in [6, 6.07) is 3.64. The van der Waals surface area contributed by atoms with Gasteiger partial charge < -0.3 is 19.7 Å². The molecule has 2 heterocycles. The number of nitrogens with one attached hydrogen (secondary N) is 1. The van der Waals surface area contributed by atoms with Gasteiger partial charge in [0.15, 0.2) is 27.2 Å². The third-order valence-electron chi connectivity index (χ3n) is 9.33. The number of hydrogen-bond donors (Lipinski definition) is 1. The van der Waals surface area contributed by atoms with Crippen LogP contribution in [0.15, 0.2) is 37.1 Å². The lowest BCUT2D eigenvalue weighted by molar-refractivity contribution is -0.144. The number of fused-ring (bicyclic) bond motifs is 1. The molecule has 1 aromatic heterocycles. The van der Waals surface area contributed by atoms with Crippen LogP contribution in [0.1, 0.15) is 53.4 Å². The Hall–Kier alpha value is -3.54. The molecule has 2 amide bonds. The van der Waals surface area contributed by atoms with Crippen LogP contribution in [0.25, 0.3) is 10.8 Å². The van der Waals surface area contributed by atoms with Crippen molar-refractivity contribution in [3.8, 4) is 11.6 Å². The van der Waals surface area contributed by atoms with Crippen LogP contribution >= 0.6 is 0 Å². The number of amides is 2. The first-order chi connectivity index (χ1) is 20.6. The maximum Gasteiger partial charge on any atom is 0.243 e. The minimum Gasteiger partial charge on any atom is -0.494 e. The maximum atomic E-state index is 15.0. The van der Waals surface area contributed by atoms with Crippen LogP contribution < -0.4 is 14.8 Å². The molecule has 12 heteroatoms. The van der Waals surface area contributed by atoms with Crippen LogP contribution in [0.5, 0.6) is 11.6 Å². The molecule has 3 fully saturated rings. The number of methoxy groups -OCH3 is 1. The Kier molecular flexibility index (Phi) is 8.28. The van der Waals surface area contributed by atoms with E-state index in [9.17, 15) is 27.2 Å². The number of Topliss-reactive ketones (excluding diaryl/α,β-unsaturated/α-hetero) is 1. The molecule has 1 N–H and O–H groups in total. The van der Waals surface area contributed by atoms with Gasteiger partial charge in [0, 0.05) is 35.2 Å². The molecule has 2 saturated carbocycles. The molecule has 0 bridgehead atoms. The fourth-order valence-electron chi connectivity index (χ4n) is 5.84. The molecule has 44 heavy (non-hydrogen) atoms. The van der Waals surface area contributed by atoms with Gasteiger partial charge in [-0.3, -0.25) is 14.4 Å². The first-order valence-electron chi connectivity index (χ1n) is 14.9. The van der Waals surface area contributed by atoms with E-state index in [2.05, 4.69) is 16.9 Å². The van der Waals surface area contributed by atoms with E-state index in [4.69, 9.17) is 9.47 Å². The van der Waals surface area contributed by atoms with E-state index in [0.29, 0.717) is 18.2 Å². The number of pyridine rings is 1. The van der Waals surface area contributed by atoms with Crippen molar-refractivity contribution < 1.29 is 36.7 Å².